The topological polar surface area (TPSA) is 30.7 Å². The molecule has 0 amide bonds. The van der Waals surface area contributed by atoms with Gasteiger partial charge in [0, 0.05) is 33.6 Å². The summed E-state index contributed by atoms with van der Waals surface area (Å²) in [5, 5.41) is 12.5. The molecular weight excluding hydrogens is 346 g/mol. The number of hydrogen-bond donors (Lipinski definition) is 0. The average molecular weight is 364 g/mol. The zero-order chi connectivity index (χ0) is 16.4. The predicted molar refractivity (Wildman–Crippen MR) is 99.4 cm³/mol. The van der Waals surface area contributed by atoms with E-state index in [2.05, 4.69) is 40.1 Å². The Kier molecular flexibility index (Phi) is 5.09. The second kappa shape index (κ2) is 7.07. The van der Waals surface area contributed by atoms with Crippen molar-refractivity contribution in [3.8, 4) is 11.4 Å². The van der Waals surface area contributed by atoms with Gasteiger partial charge in [0.1, 0.15) is 0 Å². The Morgan fingerprint density at radius 3 is 2.61 bits per heavy atom. The van der Waals surface area contributed by atoms with Crippen molar-refractivity contribution in [1.82, 2.24) is 14.8 Å². The van der Waals surface area contributed by atoms with Gasteiger partial charge in [-0.2, -0.15) is 0 Å². The third-order valence-corrected chi connectivity index (χ3v) is 6.14. The van der Waals surface area contributed by atoms with Crippen molar-refractivity contribution < 1.29 is 0 Å². The van der Waals surface area contributed by atoms with Gasteiger partial charge >= 0.3 is 0 Å². The molecule has 0 radical (unpaired) electrons. The lowest BCUT2D eigenvalue weighted by molar-refractivity contribution is 0.794. The standard InChI is InChI=1S/C17H18ClN3S2/c1-11(2)15-8-13(10-22-15)16-19-20-17(21(16)3)23-9-12-4-6-14(18)7-5-12/h4-8,10-11H,9H2,1-3H3. The van der Waals surface area contributed by atoms with Crippen LogP contribution in [0.15, 0.2) is 40.9 Å². The number of hydrogen-bond acceptors (Lipinski definition) is 4. The van der Waals surface area contributed by atoms with E-state index in [0.29, 0.717) is 5.92 Å². The fraction of sp³-hybridized carbons (Fsp3) is 0.294. The normalized spacial score (nSPS) is 11.3. The number of benzene rings is 1. The highest BCUT2D eigenvalue weighted by Crippen LogP contribution is 2.31. The average Bonchev–Trinajstić information content (AvgIpc) is 3.14. The SMILES string of the molecule is CC(C)c1cc(-c2nnc(SCc3ccc(Cl)cc3)n2C)cs1. The number of halogens is 1. The molecule has 0 N–H and O–H groups in total. The Morgan fingerprint density at radius 1 is 1.22 bits per heavy atom. The number of aromatic nitrogens is 3. The maximum Gasteiger partial charge on any atom is 0.191 e. The Labute approximate surface area is 149 Å². The molecule has 0 aliphatic rings. The Balaban J connectivity index is 1.74. The lowest BCUT2D eigenvalue weighted by atomic mass is 10.1. The molecule has 6 heteroatoms. The van der Waals surface area contributed by atoms with Gasteiger partial charge in [-0.25, -0.2) is 0 Å². The summed E-state index contributed by atoms with van der Waals surface area (Å²) in [6, 6.07) is 10.1. The number of nitrogens with zero attached hydrogens (tertiary/aromatic N) is 3. The van der Waals surface area contributed by atoms with Crippen LogP contribution in [0.4, 0.5) is 0 Å². The summed E-state index contributed by atoms with van der Waals surface area (Å²) in [5.41, 5.74) is 2.37. The Morgan fingerprint density at radius 2 is 1.96 bits per heavy atom. The zero-order valence-corrected chi connectivity index (χ0v) is 15.7. The lowest BCUT2D eigenvalue weighted by Gasteiger charge is -2.03. The molecular formula is C17H18ClN3S2. The summed E-state index contributed by atoms with van der Waals surface area (Å²) in [4.78, 5) is 1.37. The highest BCUT2D eigenvalue weighted by atomic mass is 35.5. The van der Waals surface area contributed by atoms with Crippen molar-refractivity contribution in [2.45, 2.75) is 30.7 Å². The fourth-order valence-corrected chi connectivity index (χ4v) is 4.09. The van der Waals surface area contributed by atoms with Crippen LogP contribution in [0.1, 0.15) is 30.2 Å². The van der Waals surface area contributed by atoms with Gasteiger partial charge in [-0.05, 0) is 29.7 Å². The third-order valence-electron chi connectivity index (χ3n) is 3.56. The largest absolute Gasteiger partial charge is 0.305 e. The van der Waals surface area contributed by atoms with Crippen LogP contribution in [-0.4, -0.2) is 14.8 Å². The third kappa shape index (κ3) is 3.79. The molecule has 0 saturated carbocycles. The fourth-order valence-electron chi connectivity index (χ4n) is 2.19. The number of rotatable bonds is 5. The van der Waals surface area contributed by atoms with Gasteiger partial charge in [0.15, 0.2) is 11.0 Å². The second-order valence-corrected chi connectivity index (χ2v) is 7.99. The van der Waals surface area contributed by atoms with Crippen LogP contribution in [-0.2, 0) is 12.8 Å². The Hall–Kier alpha value is -1.30. The first-order valence-corrected chi connectivity index (χ1v) is 9.64. The van der Waals surface area contributed by atoms with Crippen molar-refractivity contribution >= 4 is 34.7 Å². The summed E-state index contributed by atoms with van der Waals surface area (Å²) in [5.74, 6) is 2.32. The van der Waals surface area contributed by atoms with Gasteiger partial charge in [-0.3, -0.25) is 0 Å². The second-order valence-electron chi connectivity index (χ2n) is 5.67. The molecule has 0 fully saturated rings. The molecule has 0 saturated heterocycles. The van der Waals surface area contributed by atoms with E-state index in [1.54, 1.807) is 23.1 Å². The first-order valence-electron chi connectivity index (χ1n) is 7.40. The first kappa shape index (κ1) is 16.6. The maximum absolute atomic E-state index is 5.92. The lowest BCUT2D eigenvalue weighted by Crippen LogP contribution is -1.94. The number of thiophene rings is 1. The number of thioether (sulfide) groups is 1. The first-order chi connectivity index (χ1) is 11.0. The Bertz CT molecular complexity index is 791. The van der Waals surface area contributed by atoms with Crippen LogP contribution in [0.25, 0.3) is 11.4 Å². The molecule has 120 valence electrons. The molecule has 3 rings (SSSR count). The summed E-state index contributed by atoms with van der Waals surface area (Å²) in [6.45, 7) is 4.42. The monoisotopic (exact) mass is 363 g/mol. The van der Waals surface area contributed by atoms with Crippen molar-refractivity contribution in [3.05, 3.63) is 51.2 Å². The molecule has 0 aliphatic heterocycles. The molecule has 0 atom stereocenters. The van der Waals surface area contributed by atoms with E-state index in [4.69, 9.17) is 11.6 Å². The maximum atomic E-state index is 5.92. The van der Waals surface area contributed by atoms with E-state index in [0.717, 1.165) is 27.3 Å². The molecule has 23 heavy (non-hydrogen) atoms. The van der Waals surface area contributed by atoms with Gasteiger partial charge in [-0.15, -0.1) is 21.5 Å². The molecule has 0 unspecified atom stereocenters. The minimum absolute atomic E-state index is 0.542. The van der Waals surface area contributed by atoms with E-state index < -0.39 is 0 Å². The summed E-state index contributed by atoms with van der Waals surface area (Å²) in [7, 11) is 2.02. The highest BCUT2D eigenvalue weighted by molar-refractivity contribution is 7.98. The van der Waals surface area contributed by atoms with E-state index in [9.17, 15) is 0 Å². The highest BCUT2D eigenvalue weighted by Gasteiger charge is 2.14. The molecule has 0 spiro atoms. The summed E-state index contributed by atoms with van der Waals surface area (Å²) in [6.07, 6.45) is 0. The van der Waals surface area contributed by atoms with Crippen molar-refractivity contribution in [2.24, 2.45) is 7.05 Å². The van der Waals surface area contributed by atoms with Crippen LogP contribution in [0.2, 0.25) is 5.02 Å². The van der Waals surface area contributed by atoms with Gasteiger partial charge in [0.2, 0.25) is 0 Å². The van der Waals surface area contributed by atoms with Crippen molar-refractivity contribution in [2.75, 3.05) is 0 Å². The van der Waals surface area contributed by atoms with E-state index in [1.165, 1.54) is 10.4 Å². The molecule has 0 bridgehead atoms. The zero-order valence-electron chi connectivity index (χ0n) is 13.3. The van der Waals surface area contributed by atoms with Crippen LogP contribution in [0.5, 0.6) is 0 Å². The van der Waals surface area contributed by atoms with Gasteiger partial charge in [0.05, 0.1) is 0 Å². The predicted octanol–water partition coefficient (Wildman–Crippen LogP) is 5.61. The van der Waals surface area contributed by atoms with E-state index >= 15 is 0 Å². The van der Waals surface area contributed by atoms with E-state index in [-0.39, 0.29) is 0 Å². The van der Waals surface area contributed by atoms with Gasteiger partial charge in [0.25, 0.3) is 0 Å². The van der Waals surface area contributed by atoms with Crippen LogP contribution in [0, 0.1) is 0 Å². The molecule has 2 aromatic heterocycles. The van der Waals surface area contributed by atoms with Crippen molar-refractivity contribution in [1.29, 1.82) is 0 Å². The molecule has 1 aromatic carbocycles. The molecule has 3 nitrogen and oxygen atoms in total. The summed E-state index contributed by atoms with van der Waals surface area (Å²) >= 11 is 9.38. The van der Waals surface area contributed by atoms with Gasteiger partial charge in [-0.1, -0.05) is 49.3 Å². The van der Waals surface area contributed by atoms with Crippen LogP contribution < -0.4 is 0 Å². The minimum Gasteiger partial charge on any atom is -0.305 e. The van der Waals surface area contributed by atoms with Crippen molar-refractivity contribution in [3.63, 3.8) is 0 Å². The molecule has 3 aromatic rings. The summed E-state index contributed by atoms with van der Waals surface area (Å²) < 4.78 is 2.06. The molecule has 0 aliphatic carbocycles. The molecule has 2 heterocycles. The van der Waals surface area contributed by atoms with Gasteiger partial charge < -0.3 is 4.57 Å². The smallest absolute Gasteiger partial charge is 0.191 e. The minimum atomic E-state index is 0.542. The quantitative estimate of drug-likeness (QED) is 0.552. The van der Waals surface area contributed by atoms with E-state index in [1.807, 2.05) is 31.3 Å². The van der Waals surface area contributed by atoms with Crippen LogP contribution >= 0.6 is 34.7 Å². The van der Waals surface area contributed by atoms with Crippen LogP contribution in [0.3, 0.4) is 0 Å².